The number of rotatable bonds is 4. The van der Waals surface area contributed by atoms with Crippen LogP contribution in [0.1, 0.15) is 30.1 Å². The fourth-order valence-electron chi connectivity index (χ4n) is 2.51. The third kappa shape index (κ3) is 2.94. The monoisotopic (exact) mass is 293 g/mol. The van der Waals surface area contributed by atoms with Gasteiger partial charge in [0, 0.05) is 6.54 Å². The lowest BCUT2D eigenvalue weighted by molar-refractivity contribution is -0.147. The molecular formula is C15H19NO5. The molecule has 1 amide bonds. The first-order valence-corrected chi connectivity index (χ1v) is 6.93. The Bertz CT molecular complexity index is 543. The number of amides is 1. The number of ether oxygens (including phenoxy) is 2. The van der Waals surface area contributed by atoms with Gasteiger partial charge < -0.3 is 19.5 Å². The van der Waals surface area contributed by atoms with Crippen molar-refractivity contribution in [3.8, 4) is 11.5 Å². The molecule has 1 heterocycles. The summed E-state index contributed by atoms with van der Waals surface area (Å²) < 4.78 is 10.00. The number of para-hydroxylation sites is 1. The molecular weight excluding hydrogens is 274 g/mol. The SMILES string of the molecule is CCOC(=O)C1CCCN1C(=O)c1cccc(OC)c1O. The first-order chi connectivity index (χ1) is 10.1. The number of aromatic hydroxyl groups is 1. The fourth-order valence-corrected chi connectivity index (χ4v) is 2.51. The van der Waals surface area contributed by atoms with Crippen LogP contribution in [0.4, 0.5) is 0 Å². The summed E-state index contributed by atoms with van der Waals surface area (Å²) in [7, 11) is 1.42. The number of hydrogen-bond acceptors (Lipinski definition) is 5. The van der Waals surface area contributed by atoms with E-state index in [0.29, 0.717) is 13.0 Å². The third-order valence-corrected chi connectivity index (χ3v) is 3.52. The minimum absolute atomic E-state index is 0.130. The number of nitrogens with zero attached hydrogens (tertiary/aromatic N) is 1. The molecule has 0 saturated carbocycles. The van der Waals surface area contributed by atoms with Crippen LogP contribution in [-0.2, 0) is 9.53 Å². The van der Waals surface area contributed by atoms with Crippen molar-refractivity contribution in [3.63, 3.8) is 0 Å². The summed E-state index contributed by atoms with van der Waals surface area (Å²) in [5.41, 5.74) is 0.130. The van der Waals surface area contributed by atoms with Gasteiger partial charge in [-0.2, -0.15) is 0 Å². The van der Waals surface area contributed by atoms with Gasteiger partial charge in [0.15, 0.2) is 11.5 Å². The number of phenolic OH excluding ortho intramolecular Hbond substituents is 1. The number of phenols is 1. The van der Waals surface area contributed by atoms with Crippen LogP contribution < -0.4 is 4.74 Å². The zero-order chi connectivity index (χ0) is 15.4. The average molecular weight is 293 g/mol. The van der Waals surface area contributed by atoms with Gasteiger partial charge >= 0.3 is 5.97 Å². The second-order valence-electron chi connectivity index (χ2n) is 4.77. The van der Waals surface area contributed by atoms with Gasteiger partial charge in [0.1, 0.15) is 6.04 Å². The molecule has 0 spiro atoms. The number of methoxy groups -OCH3 is 1. The zero-order valence-electron chi connectivity index (χ0n) is 12.2. The van der Waals surface area contributed by atoms with Gasteiger partial charge in [-0.15, -0.1) is 0 Å². The van der Waals surface area contributed by atoms with Crippen LogP contribution in [0.5, 0.6) is 11.5 Å². The predicted molar refractivity (Wildman–Crippen MR) is 75.4 cm³/mol. The Balaban J connectivity index is 2.25. The summed E-state index contributed by atoms with van der Waals surface area (Å²) in [4.78, 5) is 25.9. The van der Waals surface area contributed by atoms with E-state index in [0.717, 1.165) is 6.42 Å². The molecule has 21 heavy (non-hydrogen) atoms. The molecule has 1 aliphatic heterocycles. The predicted octanol–water partition coefficient (Wildman–Crippen LogP) is 1.57. The van der Waals surface area contributed by atoms with Crippen molar-refractivity contribution < 1.29 is 24.2 Å². The van der Waals surface area contributed by atoms with Crippen LogP contribution in [0.3, 0.4) is 0 Å². The first-order valence-electron chi connectivity index (χ1n) is 6.93. The molecule has 0 radical (unpaired) electrons. The lowest BCUT2D eigenvalue weighted by atomic mass is 10.1. The number of likely N-dealkylation sites (tertiary alicyclic amines) is 1. The van der Waals surface area contributed by atoms with Crippen molar-refractivity contribution in [1.82, 2.24) is 4.90 Å². The Labute approximate surface area is 123 Å². The standard InChI is InChI=1S/C15H19NO5/c1-3-21-15(19)11-7-5-9-16(11)14(18)10-6-4-8-12(20-2)13(10)17/h4,6,8,11,17H,3,5,7,9H2,1-2H3. The molecule has 1 aliphatic rings. The van der Waals surface area contributed by atoms with Crippen molar-refractivity contribution in [3.05, 3.63) is 23.8 Å². The number of esters is 1. The highest BCUT2D eigenvalue weighted by Crippen LogP contribution is 2.32. The van der Waals surface area contributed by atoms with Crippen LogP contribution >= 0.6 is 0 Å². The summed E-state index contributed by atoms with van der Waals surface area (Å²) in [6, 6.07) is 4.13. The minimum Gasteiger partial charge on any atom is -0.504 e. The van der Waals surface area contributed by atoms with Crippen LogP contribution in [0, 0.1) is 0 Å². The second kappa shape index (κ2) is 6.47. The van der Waals surface area contributed by atoms with E-state index in [1.54, 1.807) is 19.1 Å². The Kier molecular flexibility index (Phi) is 4.67. The Morgan fingerprint density at radius 2 is 2.19 bits per heavy atom. The second-order valence-corrected chi connectivity index (χ2v) is 4.77. The lowest BCUT2D eigenvalue weighted by Crippen LogP contribution is -2.41. The summed E-state index contributed by atoms with van der Waals surface area (Å²) >= 11 is 0. The van der Waals surface area contributed by atoms with Gasteiger partial charge in [-0.1, -0.05) is 6.07 Å². The molecule has 1 atom stereocenters. The summed E-state index contributed by atoms with van der Waals surface area (Å²) in [5.74, 6) is -0.764. The fraction of sp³-hybridized carbons (Fsp3) is 0.467. The van der Waals surface area contributed by atoms with E-state index in [-0.39, 0.29) is 29.6 Å². The molecule has 0 aromatic heterocycles. The van der Waals surface area contributed by atoms with E-state index in [4.69, 9.17) is 9.47 Å². The Hall–Kier alpha value is -2.24. The van der Waals surface area contributed by atoms with Gasteiger partial charge in [0.2, 0.25) is 0 Å². The van der Waals surface area contributed by atoms with Crippen molar-refractivity contribution >= 4 is 11.9 Å². The van der Waals surface area contributed by atoms with E-state index < -0.39 is 12.0 Å². The zero-order valence-corrected chi connectivity index (χ0v) is 12.2. The smallest absolute Gasteiger partial charge is 0.328 e. The van der Waals surface area contributed by atoms with Gasteiger partial charge in [0.05, 0.1) is 19.3 Å². The largest absolute Gasteiger partial charge is 0.504 e. The van der Waals surface area contributed by atoms with Crippen molar-refractivity contribution in [1.29, 1.82) is 0 Å². The molecule has 1 N–H and O–H groups in total. The number of carbonyl (C=O) groups excluding carboxylic acids is 2. The first kappa shape index (κ1) is 15.2. The topological polar surface area (TPSA) is 76.1 Å². The molecule has 6 heteroatoms. The third-order valence-electron chi connectivity index (χ3n) is 3.52. The summed E-state index contributed by atoms with van der Waals surface area (Å²) in [6.07, 6.45) is 1.31. The molecule has 2 rings (SSSR count). The Morgan fingerprint density at radius 3 is 2.86 bits per heavy atom. The molecule has 1 saturated heterocycles. The summed E-state index contributed by atoms with van der Waals surface area (Å²) in [6.45, 7) is 2.48. The number of benzene rings is 1. The molecule has 1 unspecified atom stereocenters. The van der Waals surface area contributed by atoms with Crippen LogP contribution in [0.15, 0.2) is 18.2 Å². The Morgan fingerprint density at radius 1 is 1.43 bits per heavy atom. The van der Waals surface area contributed by atoms with Gasteiger partial charge in [-0.3, -0.25) is 4.79 Å². The molecule has 0 aliphatic carbocycles. The highest BCUT2D eigenvalue weighted by Gasteiger charge is 2.36. The van der Waals surface area contributed by atoms with Crippen LogP contribution in [0.2, 0.25) is 0 Å². The molecule has 6 nitrogen and oxygen atoms in total. The van der Waals surface area contributed by atoms with E-state index in [9.17, 15) is 14.7 Å². The maximum absolute atomic E-state index is 12.6. The van der Waals surface area contributed by atoms with Crippen LogP contribution in [-0.4, -0.2) is 48.2 Å². The van der Waals surface area contributed by atoms with Crippen molar-refractivity contribution in [2.45, 2.75) is 25.8 Å². The molecule has 1 aromatic carbocycles. The summed E-state index contributed by atoms with van der Waals surface area (Å²) in [5, 5.41) is 10.1. The lowest BCUT2D eigenvalue weighted by Gasteiger charge is -2.23. The normalized spacial score (nSPS) is 17.6. The maximum Gasteiger partial charge on any atom is 0.328 e. The molecule has 0 bridgehead atoms. The molecule has 1 fully saturated rings. The maximum atomic E-state index is 12.6. The van der Waals surface area contributed by atoms with E-state index in [2.05, 4.69) is 0 Å². The van der Waals surface area contributed by atoms with Crippen LogP contribution in [0.25, 0.3) is 0 Å². The quantitative estimate of drug-likeness (QED) is 0.853. The van der Waals surface area contributed by atoms with E-state index in [1.807, 2.05) is 0 Å². The van der Waals surface area contributed by atoms with Gasteiger partial charge in [-0.05, 0) is 31.9 Å². The van der Waals surface area contributed by atoms with E-state index >= 15 is 0 Å². The number of hydrogen-bond donors (Lipinski definition) is 1. The minimum atomic E-state index is -0.581. The number of carbonyl (C=O) groups is 2. The van der Waals surface area contributed by atoms with Crippen molar-refractivity contribution in [2.24, 2.45) is 0 Å². The molecule has 114 valence electrons. The van der Waals surface area contributed by atoms with Gasteiger partial charge in [0.25, 0.3) is 5.91 Å². The highest BCUT2D eigenvalue weighted by atomic mass is 16.5. The molecule has 1 aromatic rings. The van der Waals surface area contributed by atoms with E-state index in [1.165, 1.54) is 18.1 Å². The average Bonchev–Trinajstić information content (AvgIpc) is 2.96. The van der Waals surface area contributed by atoms with Crippen molar-refractivity contribution in [2.75, 3.05) is 20.3 Å². The highest BCUT2D eigenvalue weighted by molar-refractivity contribution is 6.00. The van der Waals surface area contributed by atoms with Gasteiger partial charge in [-0.25, -0.2) is 4.79 Å².